The van der Waals surface area contributed by atoms with Crippen LogP contribution in [0.5, 0.6) is 0 Å². The summed E-state index contributed by atoms with van der Waals surface area (Å²) in [5.74, 6) is -0.326. The monoisotopic (exact) mass is 226 g/mol. The highest BCUT2D eigenvalue weighted by Gasteiger charge is 2.37. The molecule has 2 heteroatoms. The zero-order valence-electron chi connectivity index (χ0n) is 12.0. The fraction of sp³-hybridized carbons (Fsp3) is 0.786. The van der Waals surface area contributed by atoms with E-state index in [1.54, 1.807) is 0 Å². The summed E-state index contributed by atoms with van der Waals surface area (Å²) in [5, 5.41) is 0. The Hall–Kier alpha value is -0.790. The summed E-state index contributed by atoms with van der Waals surface area (Å²) in [7, 11) is 0. The van der Waals surface area contributed by atoms with Crippen LogP contribution in [0.4, 0.5) is 0 Å². The Labute approximate surface area is 100 Å². The van der Waals surface area contributed by atoms with Crippen molar-refractivity contribution in [1.29, 1.82) is 0 Å². The van der Waals surface area contributed by atoms with Crippen molar-refractivity contribution in [2.75, 3.05) is 0 Å². The van der Waals surface area contributed by atoms with Crippen molar-refractivity contribution < 1.29 is 9.53 Å². The lowest BCUT2D eigenvalue weighted by atomic mass is 9.79. The first-order valence-corrected chi connectivity index (χ1v) is 5.85. The number of hydrogen-bond donors (Lipinski definition) is 0. The molecule has 0 aromatic carbocycles. The summed E-state index contributed by atoms with van der Waals surface area (Å²) in [6, 6.07) is 0. The van der Waals surface area contributed by atoms with E-state index in [2.05, 4.69) is 20.8 Å². The molecule has 94 valence electrons. The molecule has 0 heterocycles. The summed E-state index contributed by atoms with van der Waals surface area (Å²) in [6.45, 7) is 16.0. The maximum Gasteiger partial charge on any atom is 0.313 e. The summed E-state index contributed by atoms with van der Waals surface area (Å²) in [5.41, 5.74) is 0.624. The molecule has 0 aliphatic heterocycles. The van der Waals surface area contributed by atoms with Crippen LogP contribution in [-0.4, -0.2) is 11.6 Å². The highest BCUT2D eigenvalue weighted by Crippen LogP contribution is 2.33. The van der Waals surface area contributed by atoms with E-state index in [1.165, 1.54) is 0 Å². The van der Waals surface area contributed by atoms with Crippen LogP contribution >= 0.6 is 0 Å². The fourth-order valence-electron chi connectivity index (χ4n) is 1.07. The molecule has 16 heavy (non-hydrogen) atoms. The van der Waals surface area contributed by atoms with Crippen molar-refractivity contribution in [1.82, 2.24) is 0 Å². The lowest BCUT2D eigenvalue weighted by Gasteiger charge is -2.38. The molecular weight excluding hydrogens is 200 g/mol. The normalized spacial score (nSPS) is 14.2. The average molecular weight is 226 g/mol. The van der Waals surface area contributed by atoms with Crippen LogP contribution < -0.4 is 0 Å². The molecule has 0 amide bonds. The fourth-order valence-corrected chi connectivity index (χ4v) is 1.07. The number of allylic oxidation sites excluding steroid dienone is 1. The smallest absolute Gasteiger partial charge is 0.313 e. The Morgan fingerprint density at radius 2 is 1.56 bits per heavy atom. The molecule has 2 nitrogen and oxygen atoms in total. The minimum absolute atomic E-state index is 0.0621. The summed E-state index contributed by atoms with van der Waals surface area (Å²) in [6.07, 6.45) is 1.93. The summed E-state index contributed by atoms with van der Waals surface area (Å²) >= 11 is 0. The number of esters is 1. The molecular formula is C14H26O2. The molecule has 0 aliphatic carbocycles. The topological polar surface area (TPSA) is 26.3 Å². The van der Waals surface area contributed by atoms with Crippen LogP contribution in [-0.2, 0) is 9.53 Å². The Morgan fingerprint density at radius 3 is 1.88 bits per heavy atom. The number of hydrogen-bond acceptors (Lipinski definition) is 2. The molecule has 0 aromatic rings. The van der Waals surface area contributed by atoms with E-state index in [9.17, 15) is 4.79 Å². The quantitative estimate of drug-likeness (QED) is 0.538. The molecule has 0 saturated heterocycles. The lowest BCUT2D eigenvalue weighted by molar-refractivity contribution is -0.170. The van der Waals surface area contributed by atoms with Gasteiger partial charge in [0.1, 0.15) is 5.60 Å². The lowest BCUT2D eigenvalue weighted by Crippen LogP contribution is -2.42. The van der Waals surface area contributed by atoms with Crippen LogP contribution in [0, 0.1) is 11.3 Å². The Kier molecular flexibility index (Phi) is 4.78. The molecule has 0 aliphatic rings. The molecule has 0 N–H and O–H groups in total. The molecule has 0 rings (SSSR count). The molecule has 0 radical (unpaired) electrons. The molecule has 0 aromatic heterocycles. The molecule has 1 atom stereocenters. The van der Waals surface area contributed by atoms with Crippen LogP contribution in [0.3, 0.4) is 0 Å². The van der Waals surface area contributed by atoms with Gasteiger partial charge in [0.2, 0.25) is 0 Å². The van der Waals surface area contributed by atoms with Crippen LogP contribution in [0.25, 0.3) is 0 Å². The Morgan fingerprint density at radius 1 is 1.12 bits per heavy atom. The molecule has 0 spiro atoms. The van der Waals surface area contributed by atoms with E-state index in [0.29, 0.717) is 0 Å². The highest BCUT2D eigenvalue weighted by molar-refractivity contribution is 5.74. The van der Waals surface area contributed by atoms with Crippen LogP contribution in [0.1, 0.15) is 55.4 Å². The van der Waals surface area contributed by atoms with Crippen molar-refractivity contribution in [3.05, 3.63) is 11.6 Å². The predicted molar refractivity (Wildman–Crippen MR) is 68.2 cm³/mol. The van der Waals surface area contributed by atoms with Gasteiger partial charge < -0.3 is 4.74 Å². The minimum atomic E-state index is -0.451. The van der Waals surface area contributed by atoms with Crippen LogP contribution in [0.15, 0.2) is 11.6 Å². The van der Waals surface area contributed by atoms with Gasteiger partial charge in [-0.25, -0.2) is 0 Å². The van der Waals surface area contributed by atoms with Gasteiger partial charge in [-0.3, -0.25) is 4.79 Å². The summed E-state index contributed by atoms with van der Waals surface area (Å²) < 4.78 is 5.58. The molecule has 0 fully saturated rings. The Bertz CT molecular complexity index is 276. The first-order valence-electron chi connectivity index (χ1n) is 5.85. The van der Waals surface area contributed by atoms with Crippen molar-refractivity contribution in [2.45, 2.75) is 61.0 Å². The van der Waals surface area contributed by atoms with Gasteiger partial charge in [0.15, 0.2) is 0 Å². The predicted octanol–water partition coefficient (Wildman–Crippen LogP) is 3.96. The SMILES string of the molecule is CC(C)=C[C@H](C)C(=O)OC(C)(C)C(C)(C)C. The number of carbonyl (C=O) groups excluding carboxylic acids is 1. The zero-order valence-corrected chi connectivity index (χ0v) is 12.0. The van der Waals surface area contributed by atoms with E-state index >= 15 is 0 Å². The van der Waals surface area contributed by atoms with Gasteiger partial charge in [0.25, 0.3) is 0 Å². The van der Waals surface area contributed by atoms with E-state index in [-0.39, 0.29) is 17.3 Å². The minimum Gasteiger partial charge on any atom is -0.459 e. The maximum absolute atomic E-state index is 11.9. The maximum atomic E-state index is 11.9. The van der Waals surface area contributed by atoms with Crippen LogP contribution in [0.2, 0.25) is 0 Å². The van der Waals surface area contributed by atoms with Gasteiger partial charge in [-0.15, -0.1) is 0 Å². The third-order valence-electron chi connectivity index (χ3n) is 3.12. The first kappa shape index (κ1) is 15.2. The third kappa shape index (κ3) is 4.38. The second-order valence-electron chi connectivity index (χ2n) is 6.21. The summed E-state index contributed by atoms with van der Waals surface area (Å²) in [4.78, 5) is 11.9. The highest BCUT2D eigenvalue weighted by atomic mass is 16.6. The number of rotatable bonds is 3. The number of ether oxygens (including phenoxy) is 1. The molecule has 0 bridgehead atoms. The van der Waals surface area contributed by atoms with Crippen molar-refractivity contribution >= 4 is 5.97 Å². The van der Waals surface area contributed by atoms with Gasteiger partial charge in [0.05, 0.1) is 5.92 Å². The van der Waals surface area contributed by atoms with Gasteiger partial charge in [-0.05, 0) is 34.6 Å². The number of carbonyl (C=O) groups is 1. The standard InChI is InChI=1S/C14H26O2/c1-10(2)9-11(3)12(15)16-14(7,8)13(4,5)6/h9,11H,1-8H3/t11-/m0/s1. The van der Waals surface area contributed by atoms with Gasteiger partial charge in [-0.2, -0.15) is 0 Å². The van der Waals surface area contributed by atoms with Crippen molar-refractivity contribution in [2.24, 2.45) is 11.3 Å². The van der Waals surface area contributed by atoms with Crippen molar-refractivity contribution in [3.8, 4) is 0 Å². The first-order chi connectivity index (χ1) is 6.97. The zero-order chi connectivity index (χ0) is 13.1. The molecule has 0 unspecified atom stereocenters. The largest absolute Gasteiger partial charge is 0.459 e. The van der Waals surface area contributed by atoms with E-state index in [4.69, 9.17) is 4.74 Å². The van der Waals surface area contributed by atoms with Crippen molar-refractivity contribution in [3.63, 3.8) is 0 Å². The van der Waals surface area contributed by atoms with E-state index in [0.717, 1.165) is 5.57 Å². The average Bonchev–Trinajstić information content (AvgIpc) is 1.99. The third-order valence-corrected chi connectivity index (χ3v) is 3.12. The second kappa shape index (κ2) is 5.03. The van der Waals surface area contributed by atoms with Gasteiger partial charge >= 0.3 is 5.97 Å². The molecule has 0 saturated carbocycles. The Balaban J connectivity index is 4.64. The van der Waals surface area contributed by atoms with E-state index in [1.807, 2.05) is 40.7 Å². The van der Waals surface area contributed by atoms with E-state index < -0.39 is 5.60 Å². The van der Waals surface area contributed by atoms with Gasteiger partial charge in [0, 0.05) is 5.41 Å². The van der Waals surface area contributed by atoms with Gasteiger partial charge in [-0.1, -0.05) is 32.4 Å². The second-order valence-corrected chi connectivity index (χ2v) is 6.21.